The van der Waals surface area contributed by atoms with Gasteiger partial charge < -0.3 is 10.4 Å². The Bertz CT molecular complexity index is 1360. The van der Waals surface area contributed by atoms with Gasteiger partial charge in [-0.2, -0.15) is 0 Å². The van der Waals surface area contributed by atoms with Crippen molar-refractivity contribution < 1.29 is 27.9 Å². The van der Waals surface area contributed by atoms with Crippen LogP contribution in [0.25, 0.3) is 0 Å². The number of hydrogen-bond donors (Lipinski definition) is 3. The van der Waals surface area contributed by atoms with Gasteiger partial charge in [-0.3, -0.25) is 9.59 Å². The fraction of sp³-hybridized carbons (Fsp3) is 0.259. The minimum absolute atomic E-state index is 0.0607. The number of nitrogens with one attached hydrogen (secondary N) is 2. The van der Waals surface area contributed by atoms with Crippen molar-refractivity contribution in [1.82, 2.24) is 15.0 Å². The number of carboxylic acid groups (broad SMARTS) is 1. The Morgan fingerprint density at radius 3 is 2.24 bits per heavy atom. The Kier molecular flexibility index (Phi) is 9.51. The van der Waals surface area contributed by atoms with E-state index >= 15 is 0 Å². The molecule has 37 heavy (non-hydrogen) atoms. The molecule has 0 spiro atoms. The molecule has 0 unspecified atom stereocenters. The summed E-state index contributed by atoms with van der Waals surface area (Å²) in [6, 6.07) is 16.3. The Hall–Kier alpha value is -4.05. The number of pyridine rings is 1. The lowest BCUT2D eigenvalue weighted by Crippen LogP contribution is -2.31. The lowest BCUT2D eigenvalue weighted by Gasteiger charge is -2.10. The van der Waals surface area contributed by atoms with E-state index in [9.17, 15) is 27.9 Å². The van der Waals surface area contributed by atoms with Crippen molar-refractivity contribution in [2.45, 2.75) is 43.9 Å². The molecule has 0 aliphatic heterocycles. The van der Waals surface area contributed by atoms with Crippen molar-refractivity contribution in [2.75, 3.05) is 6.54 Å². The molecule has 3 N–H and O–H groups in total. The van der Waals surface area contributed by atoms with Gasteiger partial charge in [-0.25, -0.2) is 22.9 Å². The van der Waals surface area contributed by atoms with E-state index in [0.29, 0.717) is 31.4 Å². The molecule has 0 atom stereocenters. The molecule has 9 nitrogen and oxygen atoms in total. The largest absolute Gasteiger partial charge is 0.477 e. The SMILES string of the molecule is CCCCCc1cc(C(=O)NS(=O)(=O)c2ccc(C(=O)NCCc3ccccc3)cc2)cnc1C(=O)O. The summed E-state index contributed by atoms with van der Waals surface area (Å²) < 4.78 is 27.5. The Labute approximate surface area is 216 Å². The molecule has 0 bridgehead atoms. The first-order valence-corrected chi connectivity index (χ1v) is 13.4. The number of benzene rings is 2. The second-order valence-electron chi connectivity index (χ2n) is 8.44. The minimum atomic E-state index is -4.24. The standard InChI is InChI=1S/C27H29N3O6S/c1-2-3-5-10-21-17-22(18-29-24(21)27(33)34)26(32)30-37(35,36)23-13-11-20(12-14-23)25(31)28-16-15-19-8-6-4-7-9-19/h4,6-9,11-14,17-18H,2-3,5,10,15-16H2,1H3,(H,28,31)(H,30,32)(H,33,34). The first-order valence-electron chi connectivity index (χ1n) is 11.9. The molecule has 0 aliphatic carbocycles. The highest BCUT2D eigenvalue weighted by Crippen LogP contribution is 2.16. The molecule has 0 saturated carbocycles. The summed E-state index contributed by atoms with van der Waals surface area (Å²) in [5.74, 6) is -2.48. The smallest absolute Gasteiger partial charge is 0.354 e. The summed E-state index contributed by atoms with van der Waals surface area (Å²) >= 11 is 0. The van der Waals surface area contributed by atoms with Crippen molar-refractivity contribution in [3.63, 3.8) is 0 Å². The number of carbonyl (C=O) groups is 3. The van der Waals surface area contributed by atoms with Crippen molar-refractivity contribution in [1.29, 1.82) is 0 Å². The summed E-state index contributed by atoms with van der Waals surface area (Å²) in [6.45, 7) is 2.43. The number of aromatic nitrogens is 1. The van der Waals surface area contributed by atoms with Gasteiger partial charge in [0, 0.05) is 18.3 Å². The highest BCUT2D eigenvalue weighted by atomic mass is 32.2. The van der Waals surface area contributed by atoms with E-state index < -0.39 is 21.9 Å². The molecule has 0 saturated heterocycles. The van der Waals surface area contributed by atoms with Gasteiger partial charge in [0.25, 0.3) is 21.8 Å². The molecular weight excluding hydrogens is 494 g/mol. The van der Waals surface area contributed by atoms with Crippen molar-refractivity contribution >= 4 is 27.8 Å². The molecule has 1 aromatic heterocycles. The first-order chi connectivity index (χ1) is 17.7. The van der Waals surface area contributed by atoms with Crippen LogP contribution in [0.1, 0.15) is 68.5 Å². The fourth-order valence-electron chi connectivity index (χ4n) is 3.68. The highest BCUT2D eigenvalue weighted by Gasteiger charge is 2.21. The maximum atomic E-state index is 12.7. The normalized spacial score (nSPS) is 11.1. The van der Waals surface area contributed by atoms with Gasteiger partial charge in [-0.1, -0.05) is 50.1 Å². The number of carboxylic acids is 1. The molecule has 0 aliphatic rings. The zero-order chi connectivity index (χ0) is 26.8. The summed E-state index contributed by atoms with van der Waals surface area (Å²) in [5.41, 5.74) is 1.51. The average molecular weight is 524 g/mol. The van der Waals surface area contributed by atoms with Gasteiger partial charge in [0.1, 0.15) is 0 Å². The molecule has 0 fully saturated rings. The summed E-state index contributed by atoms with van der Waals surface area (Å²) in [7, 11) is -4.24. The van der Waals surface area contributed by atoms with Crippen LogP contribution in [0.5, 0.6) is 0 Å². The van der Waals surface area contributed by atoms with E-state index in [2.05, 4.69) is 10.3 Å². The summed E-state index contributed by atoms with van der Waals surface area (Å²) in [4.78, 5) is 40.2. The van der Waals surface area contributed by atoms with E-state index in [4.69, 9.17) is 0 Å². The molecule has 1 heterocycles. The van der Waals surface area contributed by atoms with Gasteiger partial charge in [-0.15, -0.1) is 0 Å². The average Bonchev–Trinajstić information content (AvgIpc) is 2.89. The third kappa shape index (κ3) is 7.71. The van der Waals surface area contributed by atoms with Crippen LogP contribution in [-0.4, -0.2) is 42.8 Å². The molecule has 194 valence electrons. The van der Waals surface area contributed by atoms with Gasteiger partial charge in [0.15, 0.2) is 5.69 Å². The van der Waals surface area contributed by atoms with Crippen LogP contribution in [-0.2, 0) is 22.9 Å². The maximum Gasteiger partial charge on any atom is 0.354 e. The van der Waals surface area contributed by atoms with E-state index in [1.807, 2.05) is 42.0 Å². The monoisotopic (exact) mass is 523 g/mol. The Balaban J connectivity index is 1.65. The Morgan fingerprint density at radius 1 is 0.892 bits per heavy atom. The number of amides is 2. The lowest BCUT2D eigenvalue weighted by molar-refractivity contribution is 0.0688. The van der Waals surface area contributed by atoms with Gasteiger partial charge in [0.05, 0.1) is 10.5 Å². The molecule has 0 radical (unpaired) electrons. The topological polar surface area (TPSA) is 143 Å². The summed E-state index contributed by atoms with van der Waals surface area (Å²) in [5, 5.41) is 12.1. The molecule has 2 aromatic carbocycles. The molecule has 3 aromatic rings. The van der Waals surface area contributed by atoms with E-state index in [1.54, 1.807) is 0 Å². The zero-order valence-corrected chi connectivity index (χ0v) is 21.3. The first kappa shape index (κ1) is 27.5. The third-order valence-electron chi connectivity index (χ3n) is 5.68. The number of hydrogen-bond acceptors (Lipinski definition) is 6. The van der Waals surface area contributed by atoms with Crippen molar-refractivity contribution in [2.24, 2.45) is 0 Å². The molecule has 3 rings (SSSR count). The number of nitrogens with zero attached hydrogens (tertiary/aromatic N) is 1. The van der Waals surface area contributed by atoms with Crippen LogP contribution in [0, 0.1) is 0 Å². The van der Waals surface area contributed by atoms with Crippen LogP contribution in [0.4, 0.5) is 0 Å². The minimum Gasteiger partial charge on any atom is -0.477 e. The number of carbonyl (C=O) groups excluding carboxylic acids is 2. The van der Waals surface area contributed by atoms with Gasteiger partial charge in [-0.05, 0) is 60.7 Å². The third-order valence-corrected chi connectivity index (χ3v) is 7.02. The van der Waals surface area contributed by atoms with Crippen LogP contribution >= 0.6 is 0 Å². The predicted octanol–water partition coefficient (Wildman–Crippen LogP) is 3.60. The van der Waals surface area contributed by atoms with Crippen LogP contribution in [0.2, 0.25) is 0 Å². The number of sulfonamides is 1. The van der Waals surface area contributed by atoms with Gasteiger partial charge >= 0.3 is 5.97 Å². The quantitative estimate of drug-likeness (QED) is 0.308. The Morgan fingerprint density at radius 2 is 1.59 bits per heavy atom. The van der Waals surface area contributed by atoms with Crippen LogP contribution in [0.15, 0.2) is 71.8 Å². The number of aryl methyl sites for hydroxylation is 1. The second-order valence-corrected chi connectivity index (χ2v) is 10.1. The van der Waals surface area contributed by atoms with E-state index in [0.717, 1.165) is 24.6 Å². The van der Waals surface area contributed by atoms with Gasteiger partial charge in [0.2, 0.25) is 0 Å². The zero-order valence-electron chi connectivity index (χ0n) is 20.4. The highest BCUT2D eigenvalue weighted by molar-refractivity contribution is 7.90. The van der Waals surface area contributed by atoms with Crippen molar-refractivity contribution in [3.8, 4) is 0 Å². The maximum absolute atomic E-state index is 12.7. The molecule has 2 amide bonds. The van der Waals surface area contributed by atoms with Crippen LogP contribution < -0.4 is 10.0 Å². The van der Waals surface area contributed by atoms with Crippen LogP contribution in [0.3, 0.4) is 0 Å². The predicted molar refractivity (Wildman–Crippen MR) is 138 cm³/mol. The number of unbranched alkanes of at least 4 members (excludes halogenated alkanes) is 2. The molecular formula is C27H29N3O6S. The number of aromatic carboxylic acids is 1. The summed E-state index contributed by atoms with van der Waals surface area (Å²) in [6.07, 6.45) is 4.64. The van der Waals surface area contributed by atoms with Crippen molar-refractivity contribution in [3.05, 3.63) is 94.8 Å². The van der Waals surface area contributed by atoms with E-state index in [1.165, 1.54) is 30.3 Å². The van der Waals surface area contributed by atoms with E-state index in [-0.39, 0.29) is 27.6 Å². The second kappa shape index (κ2) is 12.8. The molecule has 10 heteroatoms. The fourth-order valence-corrected chi connectivity index (χ4v) is 4.65. The lowest BCUT2D eigenvalue weighted by atomic mass is 10.0. The number of rotatable bonds is 12.